The third kappa shape index (κ3) is 3.59. The summed E-state index contributed by atoms with van der Waals surface area (Å²) >= 11 is 0. The molecule has 4 heteroatoms. The van der Waals surface area contributed by atoms with Gasteiger partial charge in [-0.1, -0.05) is 6.58 Å². The Labute approximate surface area is 88.5 Å². The van der Waals surface area contributed by atoms with Crippen LogP contribution in [0.3, 0.4) is 0 Å². The van der Waals surface area contributed by atoms with Crippen molar-refractivity contribution in [1.82, 2.24) is 0 Å². The Bertz CT molecular complexity index is 352. The molecule has 15 heavy (non-hydrogen) atoms. The highest BCUT2D eigenvalue weighted by molar-refractivity contribution is 5.55. The molecule has 0 aliphatic carbocycles. The van der Waals surface area contributed by atoms with E-state index in [9.17, 15) is 4.39 Å². The van der Waals surface area contributed by atoms with Gasteiger partial charge in [-0.15, -0.1) is 0 Å². The van der Waals surface area contributed by atoms with Crippen LogP contribution in [0.15, 0.2) is 30.4 Å². The summed E-state index contributed by atoms with van der Waals surface area (Å²) < 4.78 is 18.3. The van der Waals surface area contributed by atoms with Crippen LogP contribution in [0, 0.1) is 5.82 Å². The molecule has 1 aromatic rings. The Kier molecular flexibility index (Phi) is 4.12. The van der Waals surface area contributed by atoms with Crippen molar-refractivity contribution in [2.45, 2.75) is 6.92 Å². The normalized spacial score (nSPS) is 9.80. The number of rotatable bonds is 5. The molecule has 0 amide bonds. The third-order valence-electron chi connectivity index (χ3n) is 1.63. The summed E-state index contributed by atoms with van der Waals surface area (Å²) in [5.41, 5.74) is 4.05. The first-order valence-electron chi connectivity index (χ1n) is 4.49. The van der Waals surface area contributed by atoms with Crippen molar-refractivity contribution < 1.29 is 14.0 Å². The number of halogens is 1. The van der Waals surface area contributed by atoms with Gasteiger partial charge < -0.3 is 4.74 Å². The molecule has 0 saturated heterocycles. The van der Waals surface area contributed by atoms with E-state index in [0.29, 0.717) is 18.0 Å². The van der Waals surface area contributed by atoms with E-state index in [1.165, 1.54) is 19.2 Å². The van der Waals surface area contributed by atoms with Gasteiger partial charge in [0.1, 0.15) is 23.9 Å². The molecule has 0 aromatic heterocycles. The van der Waals surface area contributed by atoms with Crippen molar-refractivity contribution in [3.05, 3.63) is 36.2 Å². The standard InChI is InChI=1S/C11H14FNO2/c1-8(2)7-15-11-6-9(12)4-5-10(11)13-14-3/h4-6,13H,1,7H2,2-3H3. The zero-order valence-corrected chi connectivity index (χ0v) is 8.84. The minimum absolute atomic E-state index is 0.349. The van der Waals surface area contributed by atoms with E-state index in [4.69, 9.17) is 9.57 Å². The smallest absolute Gasteiger partial charge is 0.148 e. The number of anilines is 1. The van der Waals surface area contributed by atoms with E-state index in [2.05, 4.69) is 12.1 Å². The number of hydrogen-bond donors (Lipinski definition) is 1. The lowest BCUT2D eigenvalue weighted by Gasteiger charge is -2.11. The maximum Gasteiger partial charge on any atom is 0.148 e. The number of hydrogen-bond acceptors (Lipinski definition) is 3. The quantitative estimate of drug-likeness (QED) is 0.600. The highest BCUT2D eigenvalue weighted by Crippen LogP contribution is 2.25. The van der Waals surface area contributed by atoms with Crippen LogP contribution in [-0.2, 0) is 4.84 Å². The van der Waals surface area contributed by atoms with Gasteiger partial charge >= 0.3 is 0 Å². The Morgan fingerprint density at radius 1 is 1.53 bits per heavy atom. The predicted octanol–water partition coefficient (Wildman–Crippen LogP) is 2.75. The molecule has 0 aliphatic heterocycles. The molecule has 0 fully saturated rings. The fourth-order valence-electron chi connectivity index (χ4n) is 1.01. The molecule has 0 aliphatic rings. The van der Waals surface area contributed by atoms with Crippen molar-refractivity contribution >= 4 is 5.69 Å². The van der Waals surface area contributed by atoms with Crippen molar-refractivity contribution in [2.75, 3.05) is 19.2 Å². The first-order valence-corrected chi connectivity index (χ1v) is 4.49. The fraction of sp³-hybridized carbons (Fsp3) is 0.273. The van der Waals surface area contributed by atoms with Crippen LogP contribution in [0.4, 0.5) is 10.1 Å². The van der Waals surface area contributed by atoms with Crippen molar-refractivity contribution in [3.63, 3.8) is 0 Å². The predicted molar refractivity (Wildman–Crippen MR) is 57.3 cm³/mol. The average molecular weight is 211 g/mol. The second-order valence-electron chi connectivity index (χ2n) is 3.19. The van der Waals surface area contributed by atoms with Gasteiger partial charge in [-0.25, -0.2) is 4.39 Å². The summed E-state index contributed by atoms with van der Waals surface area (Å²) in [4.78, 5) is 4.74. The second-order valence-corrected chi connectivity index (χ2v) is 3.19. The lowest BCUT2D eigenvalue weighted by molar-refractivity contribution is 0.266. The van der Waals surface area contributed by atoms with E-state index < -0.39 is 0 Å². The Hall–Kier alpha value is -1.55. The molecule has 82 valence electrons. The summed E-state index contributed by atoms with van der Waals surface area (Å²) in [6, 6.07) is 4.17. The van der Waals surface area contributed by atoms with Gasteiger partial charge in [0.05, 0.1) is 7.11 Å². The van der Waals surface area contributed by atoms with Gasteiger partial charge in [-0.3, -0.25) is 10.3 Å². The summed E-state index contributed by atoms with van der Waals surface area (Å²) in [5, 5.41) is 0. The van der Waals surface area contributed by atoms with E-state index in [0.717, 1.165) is 5.57 Å². The summed E-state index contributed by atoms with van der Waals surface area (Å²) in [5.74, 6) is 0.0493. The second kappa shape index (κ2) is 5.36. The van der Waals surface area contributed by atoms with Crippen LogP contribution < -0.4 is 10.2 Å². The molecular formula is C11H14FNO2. The molecule has 0 heterocycles. The topological polar surface area (TPSA) is 30.5 Å². The van der Waals surface area contributed by atoms with Crippen LogP contribution in [0.25, 0.3) is 0 Å². The van der Waals surface area contributed by atoms with E-state index in [1.807, 2.05) is 6.92 Å². The van der Waals surface area contributed by atoms with Crippen LogP contribution >= 0.6 is 0 Å². The fourth-order valence-corrected chi connectivity index (χ4v) is 1.01. The highest BCUT2D eigenvalue weighted by Gasteiger charge is 2.05. The van der Waals surface area contributed by atoms with Gasteiger partial charge in [0.25, 0.3) is 0 Å². The van der Waals surface area contributed by atoms with E-state index in [-0.39, 0.29) is 5.82 Å². The summed E-state index contributed by atoms with van der Waals surface area (Å²) in [6.07, 6.45) is 0. The van der Waals surface area contributed by atoms with Crippen LogP contribution in [0.5, 0.6) is 5.75 Å². The molecule has 3 nitrogen and oxygen atoms in total. The molecule has 0 spiro atoms. The molecule has 0 bridgehead atoms. The monoisotopic (exact) mass is 211 g/mol. The minimum atomic E-state index is -0.353. The average Bonchev–Trinajstić information content (AvgIpc) is 2.18. The Balaban J connectivity index is 2.81. The molecule has 0 atom stereocenters. The van der Waals surface area contributed by atoms with Crippen molar-refractivity contribution in [1.29, 1.82) is 0 Å². The number of ether oxygens (including phenoxy) is 1. The number of benzene rings is 1. The van der Waals surface area contributed by atoms with Gasteiger partial charge in [0.15, 0.2) is 0 Å². The third-order valence-corrected chi connectivity index (χ3v) is 1.63. The summed E-state index contributed by atoms with van der Waals surface area (Å²) in [6.45, 7) is 5.88. The largest absolute Gasteiger partial charge is 0.487 e. The van der Waals surface area contributed by atoms with Gasteiger partial charge in [-0.05, 0) is 24.6 Å². The van der Waals surface area contributed by atoms with Crippen molar-refractivity contribution in [2.24, 2.45) is 0 Å². The zero-order valence-electron chi connectivity index (χ0n) is 8.84. The first-order chi connectivity index (χ1) is 7.13. The van der Waals surface area contributed by atoms with Crippen molar-refractivity contribution in [3.8, 4) is 5.75 Å². The van der Waals surface area contributed by atoms with Crippen LogP contribution in [-0.4, -0.2) is 13.7 Å². The molecule has 1 rings (SSSR count). The van der Waals surface area contributed by atoms with E-state index >= 15 is 0 Å². The van der Waals surface area contributed by atoms with Gasteiger partial charge in [-0.2, -0.15) is 0 Å². The molecule has 1 aromatic carbocycles. The maximum atomic E-state index is 12.9. The molecule has 0 unspecified atom stereocenters. The Morgan fingerprint density at radius 3 is 2.87 bits per heavy atom. The minimum Gasteiger partial charge on any atom is -0.487 e. The highest BCUT2D eigenvalue weighted by atomic mass is 19.1. The SMILES string of the molecule is C=C(C)COc1cc(F)ccc1NOC. The Morgan fingerprint density at radius 2 is 2.27 bits per heavy atom. The van der Waals surface area contributed by atoms with Crippen LogP contribution in [0.1, 0.15) is 6.92 Å². The molecule has 0 saturated carbocycles. The molecule has 1 N–H and O–H groups in total. The summed E-state index contributed by atoms with van der Waals surface area (Å²) in [7, 11) is 1.48. The van der Waals surface area contributed by atoms with Crippen LogP contribution in [0.2, 0.25) is 0 Å². The first kappa shape index (κ1) is 11.5. The number of nitrogens with one attached hydrogen (secondary N) is 1. The van der Waals surface area contributed by atoms with Gasteiger partial charge in [0, 0.05) is 6.07 Å². The zero-order chi connectivity index (χ0) is 11.3. The maximum absolute atomic E-state index is 12.9. The van der Waals surface area contributed by atoms with Gasteiger partial charge in [0.2, 0.25) is 0 Å². The molecular weight excluding hydrogens is 197 g/mol. The lowest BCUT2D eigenvalue weighted by Crippen LogP contribution is -2.03. The molecule has 0 radical (unpaired) electrons. The lowest BCUT2D eigenvalue weighted by atomic mass is 10.3. The van der Waals surface area contributed by atoms with E-state index in [1.54, 1.807) is 6.07 Å².